The summed E-state index contributed by atoms with van der Waals surface area (Å²) in [7, 11) is 0. The monoisotopic (exact) mass is 564 g/mol. The molecule has 0 fully saturated rings. The molecule has 0 saturated heterocycles. The number of pyridine rings is 1. The molecule has 1 atom stereocenters. The highest BCUT2D eigenvalue weighted by Crippen LogP contribution is 2.36. The van der Waals surface area contributed by atoms with E-state index in [-0.39, 0.29) is 18.0 Å². The minimum absolute atomic E-state index is 0.0306. The second kappa shape index (κ2) is 10.6. The lowest BCUT2D eigenvalue weighted by molar-refractivity contribution is 0.0938. The molecule has 1 aromatic carbocycles. The lowest BCUT2D eigenvalue weighted by atomic mass is 9.94. The first-order valence-corrected chi connectivity index (χ1v) is 15.7. The first-order chi connectivity index (χ1) is 19.9. The Labute approximate surface area is 244 Å². The van der Waals surface area contributed by atoms with E-state index < -0.39 is 0 Å². The van der Waals surface area contributed by atoms with Gasteiger partial charge in [0.1, 0.15) is 11.3 Å². The minimum Gasteiger partial charge on any atom is -0.345 e. The largest absolute Gasteiger partial charge is 0.345 e. The van der Waals surface area contributed by atoms with Gasteiger partial charge in [0.2, 0.25) is 0 Å². The van der Waals surface area contributed by atoms with Crippen LogP contribution in [0.5, 0.6) is 0 Å². The average Bonchev–Trinajstić information content (AvgIpc) is 3.67. The number of aromatic nitrogens is 5. The van der Waals surface area contributed by atoms with Gasteiger partial charge in [0.05, 0.1) is 22.2 Å². The van der Waals surface area contributed by atoms with E-state index in [1.165, 1.54) is 34.4 Å². The minimum atomic E-state index is 0.0306. The Bertz CT molecular complexity index is 1740. The molecule has 0 saturated carbocycles. The van der Waals surface area contributed by atoms with Crippen molar-refractivity contribution in [2.24, 2.45) is 0 Å². The van der Waals surface area contributed by atoms with E-state index in [4.69, 9.17) is 4.98 Å². The second-order valence-corrected chi connectivity index (χ2v) is 12.9. The third-order valence-corrected chi connectivity index (χ3v) is 9.87. The molecule has 0 bridgehead atoms. The smallest absolute Gasteiger partial charge is 0.261 e. The van der Waals surface area contributed by atoms with Crippen molar-refractivity contribution in [3.05, 3.63) is 74.9 Å². The van der Waals surface area contributed by atoms with Crippen LogP contribution in [0.3, 0.4) is 0 Å². The highest BCUT2D eigenvalue weighted by molar-refractivity contribution is 7.14. The van der Waals surface area contributed by atoms with Gasteiger partial charge in [-0.15, -0.1) is 11.3 Å². The van der Waals surface area contributed by atoms with Crippen LogP contribution < -0.4 is 5.32 Å². The molecule has 2 aliphatic rings. The first-order valence-electron chi connectivity index (χ1n) is 14.9. The normalized spacial score (nSPS) is 16.9. The maximum atomic E-state index is 13.3. The van der Waals surface area contributed by atoms with Crippen molar-refractivity contribution in [2.75, 3.05) is 0 Å². The van der Waals surface area contributed by atoms with Crippen molar-refractivity contribution in [1.29, 1.82) is 0 Å². The number of carbonyl (C=O) groups excluding carboxylic acids is 1. The standard InChI is InChI=1S/C33H36N6OS/c1-19(2)39-18-26(20(3)38-39)31-36-30-25(14-15-34-32(30)37-31)22-12-13-24-21(16-22)8-4-6-10-27(24)35-33(40)29-17-23-9-5-7-11-28(23)41-29/h12-19,27H,4-11H2,1-3H3,(H,35,40)(H,34,36,37). The fourth-order valence-corrected chi connectivity index (χ4v) is 7.54. The van der Waals surface area contributed by atoms with Crippen LogP contribution in [0.25, 0.3) is 33.7 Å². The number of aryl methyl sites for hydroxylation is 4. The summed E-state index contributed by atoms with van der Waals surface area (Å²) < 4.78 is 1.97. The number of imidazole rings is 1. The molecule has 5 aromatic rings. The summed E-state index contributed by atoms with van der Waals surface area (Å²) in [6, 6.07) is 11.2. The topological polar surface area (TPSA) is 88.5 Å². The van der Waals surface area contributed by atoms with E-state index in [0.717, 1.165) is 82.8 Å². The fourth-order valence-electron chi connectivity index (χ4n) is 6.38. The Balaban J connectivity index is 1.19. The van der Waals surface area contributed by atoms with E-state index in [9.17, 15) is 4.79 Å². The highest BCUT2D eigenvalue weighted by Gasteiger charge is 2.24. The number of benzene rings is 1. The molecular weight excluding hydrogens is 528 g/mol. The van der Waals surface area contributed by atoms with Gasteiger partial charge in [0.25, 0.3) is 5.91 Å². The van der Waals surface area contributed by atoms with Gasteiger partial charge in [0.15, 0.2) is 5.65 Å². The summed E-state index contributed by atoms with van der Waals surface area (Å²) in [4.78, 5) is 28.6. The van der Waals surface area contributed by atoms with Crippen molar-refractivity contribution in [1.82, 2.24) is 30.0 Å². The van der Waals surface area contributed by atoms with Gasteiger partial charge in [-0.3, -0.25) is 9.48 Å². The number of amides is 1. The summed E-state index contributed by atoms with van der Waals surface area (Å²) in [5.74, 6) is 0.861. The van der Waals surface area contributed by atoms with Crippen LogP contribution in [0.1, 0.15) is 95.0 Å². The van der Waals surface area contributed by atoms with E-state index in [1.54, 1.807) is 11.3 Å². The molecule has 7 rings (SSSR count). The predicted octanol–water partition coefficient (Wildman–Crippen LogP) is 7.52. The number of hydrogen-bond acceptors (Lipinski definition) is 5. The lowest BCUT2D eigenvalue weighted by Gasteiger charge is -2.20. The lowest BCUT2D eigenvalue weighted by Crippen LogP contribution is -2.28. The number of H-pyrrole nitrogens is 1. The Morgan fingerprint density at radius 1 is 1.05 bits per heavy atom. The van der Waals surface area contributed by atoms with Gasteiger partial charge >= 0.3 is 0 Å². The summed E-state index contributed by atoms with van der Waals surface area (Å²) in [5.41, 5.74) is 9.69. The van der Waals surface area contributed by atoms with Gasteiger partial charge in [-0.25, -0.2) is 9.97 Å². The molecule has 210 valence electrons. The SMILES string of the molecule is Cc1nn(C(C)C)cc1-c1nc2c(-c3ccc4c(c3)CCCCC4NC(=O)c3cc4c(s3)CCCC4)ccnc2[nH]1. The molecule has 7 nitrogen and oxygen atoms in total. The van der Waals surface area contributed by atoms with Gasteiger partial charge < -0.3 is 10.3 Å². The zero-order chi connectivity index (χ0) is 28.1. The highest BCUT2D eigenvalue weighted by atomic mass is 32.1. The zero-order valence-electron chi connectivity index (χ0n) is 24.0. The first kappa shape index (κ1) is 26.1. The molecule has 41 heavy (non-hydrogen) atoms. The van der Waals surface area contributed by atoms with Crippen LogP contribution in [0.2, 0.25) is 0 Å². The van der Waals surface area contributed by atoms with Gasteiger partial charge in [-0.2, -0.15) is 5.10 Å². The van der Waals surface area contributed by atoms with Crippen molar-refractivity contribution < 1.29 is 4.79 Å². The molecule has 2 N–H and O–H groups in total. The zero-order valence-corrected chi connectivity index (χ0v) is 24.8. The summed E-state index contributed by atoms with van der Waals surface area (Å²) in [6.45, 7) is 6.26. The molecule has 0 spiro atoms. The third-order valence-electron chi connectivity index (χ3n) is 8.63. The van der Waals surface area contributed by atoms with Crippen LogP contribution in [-0.4, -0.2) is 30.6 Å². The molecular formula is C33H36N6OS. The number of thiophene rings is 1. The number of rotatable bonds is 5. The van der Waals surface area contributed by atoms with Crippen LogP contribution in [0.4, 0.5) is 0 Å². The van der Waals surface area contributed by atoms with E-state index in [1.807, 2.05) is 23.9 Å². The maximum Gasteiger partial charge on any atom is 0.261 e. The molecule has 2 aliphatic carbocycles. The molecule has 1 amide bonds. The molecule has 0 radical (unpaired) electrons. The van der Waals surface area contributed by atoms with Gasteiger partial charge in [-0.1, -0.05) is 24.6 Å². The number of fused-ring (bicyclic) bond motifs is 3. The van der Waals surface area contributed by atoms with Crippen molar-refractivity contribution >= 4 is 28.4 Å². The van der Waals surface area contributed by atoms with Crippen LogP contribution in [0.15, 0.2) is 42.7 Å². The van der Waals surface area contributed by atoms with Crippen molar-refractivity contribution in [3.8, 4) is 22.5 Å². The Kier molecular flexibility index (Phi) is 6.73. The maximum absolute atomic E-state index is 13.3. The molecule has 4 heterocycles. The molecule has 8 heteroatoms. The van der Waals surface area contributed by atoms with E-state index in [2.05, 4.69) is 64.7 Å². The summed E-state index contributed by atoms with van der Waals surface area (Å²) in [5, 5.41) is 8.07. The fraction of sp³-hybridized carbons (Fsp3) is 0.394. The van der Waals surface area contributed by atoms with Crippen molar-refractivity contribution in [3.63, 3.8) is 0 Å². The Hall–Kier alpha value is -3.78. The number of carbonyl (C=O) groups is 1. The third kappa shape index (κ3) is 4.88. The van der Waals surface area contributed by atoms with E-state index >= 15 is 0 Å². The summed E-state index contributed by atoms with van der Waals surface area (Å²) >= 11 is 1.69. The van der Waals surface area contributed by atoms with Gasteiger partial charge in [-0.05, 0) is 100 Å². The quantitative estimate of drug-likeness (QED) is 0.216. The number of hydrogen-bond donors (Lipinski definition) is 2. The summed E-state index contributed by atoms with van der Waals surface area (Å²) in [6.07, 6.45) is 12.8. The van der Waals surface area contributed by atoms with E-state index in [0.29, 0.717) is 0 Å². The Morgan fingerprint density at radius 2 is 1.88 bits per heavy atom. The van der Waals surface area contributed by atoms with Crippen LogP contribution in [0, 0.1) is 6.92 Å². The predicted molar refractivity (Wildman–Crippen MR) is 164 cm³/mol. The molecule has 4 aromatic heterocycles. The van der Waals surface area contributed by atoms with Crippen molar-refractivity contribution in [2.45, 2.75) is 84.2 Å². The van der Waals surface area contributed by atoms with Gasteiger partial charge in [0, 0.05) is 28.9 Å². The molecule has 0 aliphatic heterocycles. The van der Waals surface area contributed by atoms with Crippen LogP contribution >= 0.6 is 11.3 Å². The average molecular weight is 565 g/mol. The second-order valence-electron chi connectivity index (χ2n) is 11.8. The number of nitrogens with one attached hydrogen (secondary N) is 2. The number of aromatic amines is 1. The van der Waals surface area contributed by atoms with Crippen LogP contribution in [-0.2, 0) is 19.3 Å². The number of nitrogens with zero attached hydrogens (tertiary/aromatic N) is 4. The molecule has 1 unspecified atom stereocenters. The Morgan fingerprint density at radius 3 is 2.71 bits per heavy atom.